The van der Waals surface area contributed by atoms with Crippen molar-refractivity contribution in [2.24, 2.45) is 11.8 Å². The number of halogens is 2. The molecule has 9 heteroatoms. The number of hydrogen-bond acceptors (Lipinski definition) is 6. The number of benzene rings is 1. The molecule has 1 saturated heterocycles. The molecule has 5 rings (SSSR count). The molecule has 2 aromatic rings. The Bertz CT molecular complexity index is 1020. The number of rotatable bonds is 7. The van der Waals surface area contributed by atoms with Gasteiger partial charge in [-0.2, -0.15) is 0 Å². The SMILES string of the molecule is COC1CCC(C(=O)NC2CCC(CCN3CCN(c4noc5cc(F)c(F)cc45)CC3)CC2)CC1. The van der Waals surface area contributed by atoms with E-state index in [-0.39, 0.29) is 17.4 Å². The number of carbonyl (C=O) groups excluding carboxylic acids is 1. The van der Waals surface area contributed by atoms with Gasteiger partial charge in [0, 0.05) is 51.3 Å². The van der Waals surface area contributed by atoms with Gasteiger partial charge in [0.05, 0.1) is 11.5 Å². The molecule has 1 aliphatic heterocycles. The number of anilines is 1. The minimum absolute atomic E-state index is 0.156. The average molecular weight is 505 g/mol. The van der Waals surface area contributed by atoms with Gasteiger partial charge in [-0.1, -0.05) is 5.16 Å². The van der Waals surface area contributed by atoms with Gasteiger partial charge in [0.2, 0.25) is 5.91 Å². The van der Waals surface area contributed by atoms with E-state index in [0.29, 0.717) is 29.3 Å². The fourth-order valence-electron chi connectivity index (χ4n) is 6.17. The van der Waals surface area contributed by atoms with Gasteiger partial charge >= 0.3 is 0 Å². The summed E-state index contributed by atoms with van der Waals surface area (Å²) in [7, 11) is 1.76. The third kappa shape index (κ3) is 5.83. The van der Waals surface area contributed by atoms with E-state index in [0.717, 1.165) is 77.3 Å². The maximum atomic E-state index is 13.7. The minimum atomic E-state index is -0.920. The molecule has 2 saturated carbocycles. The zero-order chi connectivity index (χ0) is 25.1. The number of piperazine rings is 1. The van der Waals surface area contributed by atoms with Crippen molar-refractivity contribution in [2.75, 3.05) is 44.7 Å². The first-order chi connectivity index (χ1) is 17.5. The normalized spacial score (nSPS) is 27.9. The second-order valence-electron chi connectivity index (χ2n) is 10.8. The van der Waals surface area contributed by atoms with Crippen molar-refractivity contribution < 1.29 is 22.8 Å². The fourth-order valence-corrected chi connectivity index (χ4v) is 6.17. The second kappa shape index (κ2) is 11.4. The number of fused-ring (bicyclic) bond motifs is 1. The molecule has 36 heavy (non-hydrogen) atoms. The standard InChI is InChI=1S/C27H38F2N4O3/c1-35-21-8-4-19(5-9-21)27(34)30-20-6-2-18(3-7-20)10-11-32-12-14-33(15-13-32)26-22-16-23(28)24(29)17-25(22)36-31-26/h16-21H,2-15H2,1H3,(H,30,34). The number of hydrogen-bond donors (Lipinski definition) is 1. The zero-order valence-corrected chi connectivity index (χ0v) is 21.2. The van der Waals surface area contributed by atoms with Gasteiger partial charge in [0.15, 0.2) is 23.0 Å². The second-order valence-corrected chi connectivity index (χ2v) is 10.8. The number of nitrogens with one attached hydrogen (secondary N) is 1. The summed E-state index contributed by atoms with van der Waals surface area (Å²) in [5, 5.41) is 7.93. The predicted octanol–water partition coefficient (Wildman–Crippen LogP) is 4.50. The molecular formula is C27H38F2N4O3. The lowest BCUT2D eigenvalue weighted by molar-refractivity contribution is -0.127. The molecule has 1 N–H and O–H groups in total. The zero-order valence-electron chi connectivity index (χ0n) is 21.2. The Morgan fingerprint density at radius 1 is 1.03 bits per heavy atom. The maximum Gasteiger partial charge on any atom is 0.223 e. The van der Waals surface area contributed by atoms with Gasteiger partial charge < -0.3 is 19.5 Å². The van der Waals surface area contributed by atoms with Crippen molar-refractivity contribution in [3.63, 3.8) is 0 Å². The third-order valence-corrected chi connectivity index (χ3v) is 8.59. The molecule has 0 atom stereocenters. The number of carbonyl (C=O) groups is 1. The van der Waals surface area contributed by atoms with E-state index in [2.05, 4.69) is 20.3 Å². The van der Waals surface area contributed by atoms with E-state index in [1.807, 2.05) is 0 Å². The Hall–Kier alpha value is -2.26. The quantitative estimate of drug-likeness (QED) is 0.599. The summed E-state index contributed by atoms with van der Waals surface area (Å²) in [6, 6.07) is 2.56. The fraction of sp³-hybridized carbons (Fsp3) is 0.704. The summed E-state index contributed by atoms with van der Waals surface area (Å²) in [6.45, 7) is 4.46. The maximum absolute atomic E-state index is 13.7. The molecule has 0 bridgehead atoms. The van der Waals surface area contributed by atoms with Crippen LogP contribution in [-0.4, -0.2) is 67.9 Å². The molecule has 3 fully saturated rings. The first-order valence-electron chi connectivity index (χ1n) is 13.5. The Balaban J connectivity index is 1.01. The van der Waals surface area contributed by atoms with Crippen molar-refractivity contribution in [1.29, 1.82) is 0 Å². The van der Waals surface area contributed by atoms with Gasteiger partial charge in [-0.25, -0.2) is 8.78 Å². The van der Waals surface area contributed by atoms with Gasteiger partial charge in [-0.3, -0.25) is 9.69 Å². The van der Waals surface area contributed by atoms with Crippen molar-refractivity contribution in [2.45, 2.75) is 69.9 Å². The van der Waals surface area contributed by atoms with Crippen LogP contribution >= 0.6 is 0 Å². The highest BCUT2D eigenvalue weighted by Crippen LogP contribution is 2.31. The van der Waals surface area contributed by atoms with E-state index in [1.165, 1.54) is 25.3 Å². The summed E-state index contributed by atoms with van der Waals surface area (Å²) in [4.78, 5) is 17.3. The van der Waals surface area contributed by atoms with Gasteiger partial charge in [-0.15, -0.1) is 0 Å². The van der Waals surface area contributed by atoms with Gasteiger partial charge in [-0.05, 0) is 76.3 Å². The van der Waals surface area contributed by atoms with Crippen LogP contribution in [0.15, 0.2) is 16.7 Å². The lowest BCUT2D eigenvalue weighted by atomic mass is 9.83. The monoisotopic (exact) mass is 504 g/mol. The number of amides is 1. The van der Waals surface area contributed by atoms with Crippen LogP contribution < -0.4 is 10.2 Å². The van der Waals surface area contributed by atoms with Crippen LogP contribution in [-0.2, 0) is 9.53 Å². The summed E-state index contributed by atoms with van der Waals surface area (Å²) in [5.41, 5.74) is 0.275. The highest BCUT2D eigenvalue weighted by atomic mass is 19.2. The number of aromatic nitrogens is 1. The molecule has 0 unspecified atom stereocenters. The molecule has 1 aromatic heterocycles. The topological polar surface area (TPSA) is 70.8 Å². The first-order valence-corrected chi connectivity index (χ1v) is 13.5. The summed E-state index contributed by atoms with van der Waals surface area (Å²) < 4.78 is 37.8. The van der Waals surface area contributed by atoms with E-state index < -0.39 is 11.6 Å². The Labute approximate surface area is 211 Å². The van der Waals surface area contributed by atoms with Crippen LogP contribution in [0, 0.1) is 23.5 Å². The third-order valence-electron chi connectivity index (χ3n) is 8.59. The van der Waals surface area contributed by atoms with E-state index in [9.17, 15) is 13.6 Å². The number of nitrogens with zero attached hydrogens (tertiary/aromatic N) is 3. The highest BCUT2D eigenvalue weighted by molar-refractivity contribution is 5.88. The van der Waals surface area contributed by atoms with Crippen molar-refractivity contribution in [3.05, 3.63) is 23.8 Å². The Morgan fingerprint density at radius 3 is 2.42 bits per heavy atom. The minimum Gasteiger partial charge on any atom is -0.381 e. The molecule has 1 amide bonds. The van der Waals surface area contributed by atoms with Crippen LogP contribution in [0.25, 0.3) is 11.0 Å². The number of ether oxygens (including phenoxy) is 1. The van der Waals surface area contributed by atoms with Gasteiger partial charge in [0.25, 0.3) is 0 Å². The smallest absolute Gasteiger partial charge is 0.223 e. The summed E-state index contributed by atoms with van der Waals surface area (Å²) in [5.74, 6) is -0.0893. The molecule has 7 nitrogen and oxygen atoms in total. The first kappa shape index (κ1) is 25.4. The molecule has 2 aliphatic carbocycles. The van der Waals surface area contributed by atoms with Crippen LogP contribution in [0.5, 0.6) is 0 Å². The lowest BCUT2D eigenvalue weighted by Crippen LogP contribution is -2.47. The van der Waals surface area contributed by atoms with E-state index in [1.54, 1.807) is 7.11 Å². The van der Waals surface area contributed by atoms with Crippen LogP contribution in [0.3, 0.4) is 0 Å². The average Bonchev–Trinajstić information content (AvgIpc) is 3.31. The molecule has 0 spiro atoms. The summed E-state index contributed by atoms with van der Waals surface area (Å²) >= 11 is 0. The van der Waals surface area contributed by atoms with Crippen LogP contribution in [0.1, 0.15) is 57.8 Å². The predicted molar refractivity (Wildman–Crippen MR) is 134 cm³/mol. The molecule has 2 heterocycles. The largest absolute Gasteiger partial charge is 0.381 e. The van der Waals surface area contributed by atoms with Crippen molar-refractivity contribution >= 4 is 22.7 Å². The lowest BCUT2D eigenvalue weighted by Gasteiger charge is -2.36. The van der Waals surface area contributed by atoms with Crippen LogP contribution in [0.4, 0.5) is 14.6 Å². The van der Waals surface area contributed by atoms with E-state index >= 15 is 0 Å². The number of methoxy groups -OCH3 is 1. The van der Waals surface area contributed by atoms with Crippen molar-refractivity contribution in [3.8, 4) is 0 Å². The van der Waals surface area contributed by atoms with Gasteiger partial charge in [0.1, 0.15) is 0 Å². The summed E-state index contributed by atoms with van der Waals surface area (Å²) in [6.07, 6.45) is 9.87. The van der Waals surface area contributed by atoms with Crippen LogP contribution in [0.2, 0.25) is 0 Å². The Kier molecular flexibility index (Phi) is 8.06. The van der Waals surface area contributed by atoms with E-state index in [4.69, 9.17) is 9.26 Å². The highest BCUT2D eigenvalue weighted by Gasteiger charge is 2.29. The molecule has 0 radical (unpaired) electrons. The molecule has 198 valence electrons. The van der Waals surface area contributed by atoms with Crippen molar-refractivity contribution in [1.82, 2.24) is 15.4 Å². The molecular weight excluding hydrogens is 466 g/mol. The Morgan fingerprint density at radius 2 is 1.72 bits per heavy atom. The molecule has 3 aliphatic rings. The molecule has 1 aromatic carbocycles.